The molecule has 1 aliphatic rings. The maximum Gasteiger partial charge on any atom is 0.337 e. The number of aromatic nitrogens is 2. The van der Waals surface area contributed by atoms with Gasteiger partial charge >= 0.3 is 5.97 Å². The molecule has 8 heteroatoms. The van der Waals surface area contributed by atoms with E-state index in [1.807, 2.05) is 6.92 Å². The first-order chi connectivity index (χ1) is 12.5. The molecule has 3 N–H and O–H groups in total. The summed E-state index contributed by atoms with van der Waals surface area (Å²) in [6.07, 6.45) is 3.90. The minimum absolute atomic E-state index is 0.0482. The van der Waals surface area contributed by atoms with Gasteiger partial charge in [0.2, 0.25) is 0 Å². The summed E-state index contributed by atoms with van der Waals surface area (Å²) in [4.78, 5) is 29.6. The van der Waals surface area contributed by atoms with E-state index >= 15 is 0 Å². The number of aliphatic hydroxyl groups is 1. The zero-order valence-corrected chi connectivity index (χ0v) is 15.5. The number of pyridine rings is 1. The Kier molecular flexibility index (Phi) is 5.85. The van der Waals surface area contributed by atoms with Crippen molar-refractivity contribution in [2.45, 2.75) is 32.2 Å². The van der Waals surface area contributed by atoms with E-state index in [1.165, 1.54) is 34.2 Å². The smallest absolute Gasteiger partial charge is 0.337 e. The fourth-order valence-corrected chi connectivity index (χ4v) is 4.70. The number of aryl methyl sites for hydroxylation is 1. The van der Waals surface area contributed by atoms with Crippen LogP contribution in [0.2, 0.25) is 0 Å². The fraction of sp³-hybridized carbons (Fsp3) is 0.500. The van der Waals surface area contributed by atoms with Crippen molar-refractivity contribution in [3.05, 3.63) is 49.8 Å². The van der Waals surface area contributed by atoms with E-state index in [0.717, 1.165) is 41.5 Å². The molecule has 140 valence electrons. The molecule has 0 aromatic carbocycles. The van der Waals surface area contributed by atoms with E-state index in [0.29, 0.717) is 6.42 Å². The Labute approximate surface area is 155 Å². The molecule has 7 nitrogen and oxygen atoms in total. The van der Waals surface area contributed by atoms with Crippen LogP contribution in [0.5, 0.6) is 0 Å². The minimum atomic E-state index is -1.06. The summed E-state index contributed by atoms with van der Waals surface area (Å²) in [5.74, 6) is -0.909. The Morgan fingerprint density at radius 3 is 2.96 bits per heavy atom. The lowest BCUT2D eigenvalue weighted by Crippen LogP contribution is -2.38. The molecule has 0 amide bonds. The molecular weight excluding hydrogens is 354 g/mol. The van der Waals surface area contributed by atoms with Crippen LogP contribution in [0.15, 0.2) is 23.1 Å². The van der Waals surface area contributed by atoms with Crippen molar-refractivity contribution in [1.29, 1.82) is 0 Å². The fourth-order valence-electron chi connectivity index (χ4n) is 3.45. The molecular formula is C18H23N3O4S. The molecule has 0 aliphatic carbocycles. The second-order valence-electron chi connectivity index (χ2n) is 6.55. The average molecular weight is 377 g/mol. The average Bonchev–Trinajstić information content (AvgIpc) is 2.98. The van der Waals surface area contributed by atoms with Gasteiger partial charge in [0, 0.05) is 36.7 Å². The van der Waals surface area contributed by atoms with Crippen molar-refractivity contribution in [1.82, 2.24) is 14.9 Å². The standard InChI is InChI=1S/C18H23N3O4S/c1-11-14(6-8-22)26-17(20-11)16(12-3-2-7-19-9-12)21-10-13(18(24)25)4-5-15(21)23/h4-5,10,12,16,19,22H,2-3,6-9H2,1H3,(H,24,25). The van der Waals surface area contributed by atoms with Gasteiger partial charge in [0.05, 0.1) is 17.3 Å². The molecule has 1 fully saturated rings. The lowest BCUT2D eigenvalue weighted by Gasteiger charge is -2.31. The van der Waals surface area contributed by atoms with Crippen LogP contribution in [0.1, 0.15) is 44.8 Å². The molecule has 1 aliphatic heterocycles. The second-order valence-corrected chi connectivity index (χ2v) is 7.67. The number of piperidine rings is 1. The van der Waals surface area contributed by atoms with Crippen molar-refractivity contribution in [2.24, 2.45) is 5.92 Å². The van der Waals surface area contributed by atoms with Crippen LogP contribution in [0.25, 0.3) is 0 Å². The number of thiazole rings is 1. The highest BCUT2D eigenvalue weighted by Gasteiger charge is 2.30. The monoisotopic (exact) mass is 377 g/mol. The number of carboxylic acid groups (broad SMARTS) is 1. The largest absolute Gasteiger partial charge is 0.478 e. The summed E-state index contributed by atoms with van der Waals surface area (Å²) in [6.45, 7) is 3.65. The number of rotatable bonds is 6. The quantitative estimate of drug-likeness (QED) is 0.704. The third-order valence-electron chi connectivity index (χ3n) is 4.77. The first kappa shape index (κ1) is 18.8. The van der Waals surface area contributed by atoms with Crippen molar-refractivity contribution >= 4 is 17.3 Å². The number of aromatic carboxylic acids is 1. The van der Waals surface area contributed by atoms with Gasteiger partial charge in [-0.15, -0.1) is 11.3 Å². The first-order valence-corrected chi connectivity index (χ1v) is 9.56. The Balaban J connectivity index is 2.09. The highest BCUT2D eigenvalue weighted by atomic mass is 32.1. The van der Waals surface area contributed by atoms with Crippen LogP contribution in [0, 0.1) is 12.8 Å². The van der Waals surface area contributed by atoms with Crippen molar-refractivity contribution in [3.63, 3.8) is 0 Å². The second kappa shape index (κ2) is 8.11. The lowest BCUT2D eigenvalue weighted by molar-refractivity contribution is 0.0695. The van der Waals surface area contributed by atoms with E-state index in [1.54, 1.807) is 0 Å². The summed E-state index contributed by atoms with van der Waals surface area (Å²) < 4.78 is 1.52. The third-order valence-corrected chi connectivity index (χ3v) is 6.06. The SMILES string of the molecule is Cc1nc(C(C2CCCNC2)n2cc(C(=O)O)ccc2=O)sc1CCO. The van der Waals surface area contributed by atoms with E-state index < -0.39 is 5.97 Å². The Morgan fingerprint density at radius 2 is 2.31 bits per heavy atom. The van der Waals surface area contributed by atoms with Crippen LogP contribution in [0.3, 0.4) is 0 Å². The van der Waals surface area contributed by atoms with E-state index in [-0.39, 0.29) is 29.7 Å². The summed E-state index contributed by atoms with van der Waals surface area (Å²) in [6, 6.07) is 2.33. The molecule has 2 aromatic rings. The lowest BCUT2D eigenvalue weighted by atomic mass is 9.91. The molecule has 2 aromatic heterocycles. The van der Waals surface area contributed by atoms with Crippen molar-refractivity contribution < 1.29 is 15.0 Å². The molecule has 0 saturated carbocycles. The molecule has 3 heterocycles. The van der Waals surface area contributed by atoms with Crippen LogP contribution >= 0.6 is 11.3 Å². The molecule has 3 rings (SSSR count). The van der Waals surface area contributed by atoms with Crippen molar-refractivity contribution in [2.75, 3.05) is 19.7 Å². The number of nitrogens with one attached hydrogen (secondary N) is 1. The topological polar surface area (TPSA) is 104 Å². The van der Waals surface area contributed by atoms with Gasteiger partial charge in [0.1, 0.15) is 5.01 Å². The van der Waals surface area contributed by atoms with Crippen molar-refractivity contribution in [3.8, 4) is 0 Å². The molecule has 2 atom stereocenters. The van der Waals surface area contributed by atoms with Gasteiger partial charge in [0.25, 0.3) is 5.56 Å². The van der Waals surface area contributed by atoms with E-state index in [9.17, 15) is 19.8 Å². The van der Waals surface area contributed by atoms with Crippen LogP contribution < -0.4 is 10.9 Å². The van der Waals surface area contributed by atoms with Gasteiger partial charge in [-0.25, -0.2) is 9.78 Å². The highest BCUT2D eigenvalue weighted by Crippen LogP contribution is 2.34. The van der Waals surface area contributed by atoms with Crippen LogP contribution in [0.4, 0.5) is 0 Å². The summed E-state index contributed by atoms with van der Waals surface area (Å²) in [7, 11) is 0. The predicted molar refractivity (Wildman–Crippen MR) is 99.0 cm³/mol. The number of carbonyl (C=O) groups is 1. The molecule has 0 radical (unpaired) electrons. The summed E-state index contributed by atoms with van der Waals surface area (Å²) in [5.41, 5.74) is 0.708. The van der Waals surface area contributed by atoms with Crippen LogP contribution in [-0.2, 0) is 6.42 Å². The summed E-state index contributed by atoms with van der Waals surface area (Å²) >= 11 is 1.50. The highest BCUT2D eigenvalue weighted by molar-refractivity contribution is 7.11. The normalized spacial score (nSPS) is 18.6. The van der Waals surface area contributed by atoms with Crippen LogP contribution in [-0.4, -0.2) is 45.4 Å². The maximum absolute atomic E-state index is 12.6. The number of hydrogen-bond acceptors (Lipinski definition) is 6. The Hall–Kier alpha value is -2.03. The predicted octanol–water partition coefficient (Wildman–Crippen LogP) is 1.44. The number of aliphatic hydroxyl groups excluding tert-OH is 1. The Morgan fingerprint density at radius 1 is 1.50 bits per heavy atom. The molecule has 0 spiro atoms. The van der Waals surface area contributed by atoms with Gasteiger partial charge < -0.3 is 20.1 Å². The zero-order chi connectivity index (χ0) is 18.7. The van der Waals surface area contributed by atoms with Gasteiger partial charge in [-0.05, 0) is 38.3 Å². The first-order valence-electron chi connectivity index (χ1n) is 8.74. The number of carboxylic acids is 1. The van der Waals surface area contributed by atoms with Gasteiger partial charge in [-0.1, -0.05) is 0 Å². The number of hydrogen-bond donors (Lipinski definition) is 3. The molecule has 1 saturated heterocycles. The van der Waals surface area contributed by atoms with Gasteiger partial charge in [-0.3, -0.25) is 4.79 Å². The van der Waals surface area contributed by atoms with E-state index in [2.05, 4.69) is 10.3 Å². The molecule has 2 unspecified atom stereocenters. The molecule has 0 bridgehead atoms. The maximum atomic E-state index is 12.6. The van der Waals surface area contributed by atoms with E-state index in [4.69, 9.17) is 0 Å². The Bertz CT molecular complexity index is 839. The molecule has 26 heavy (non-hydrogen) atoms. The minimum Gasteiger partial charge on any atom is -0.478 e. The number of nitrogens with zero attached hydrogens (tertiary/aromatic N) is 2. The third kappa shape index (κ3) is 3.87. The van der Waals surface area contributed by atoms with Gasteiger partial charge in [0.15, 0.2) is 0 Å². The van der Waals surface area contributed by atoms with Gasteiger partial charge in [-0.2, -0.15) is 0 Å². The zero-order valence-electron chi connectivity index (χ0n) is 14.6. The summed E-state index contributed by atoms with van der Waals surface area (Å²) in [5, 5.41) is 22.7.